The summed E-state index contributed by atoms with van der Waals surface area (Å²) in [5.41, 5.74) is 2.26. The van der Waals surface area contributed by atoms with Gasteiger partial charge in [0.15, 0.2) is 0 Å². The highest BCUT2D eigenvalue weighted by Gasteiger charge is 2.07. The summed E-state index contributed by atoms with van der Waals surface area (Å²) < 4.78 is 0. The minimum atomic E-state index is -0.244. The molecule has 1 aromatic rings. The van der Waals surface area contributed by atoms with E-state index in [9.17, 15) is 4.79 Å². The maximum atomic E-state index is 11.5. The second-order valence-corrected chi connectivity index (χ2v) is 4.10. The number of aliphatic hydroxyl groups is 1. The molecule has 0 aliphatic rings. The molecule has 0 bridgehead atoms. The van der Waals surface area contributed by atoms with Crippen LogP contribution in [0.1, 0.15) is 24.5 Å². The largest absolute Gasteiger partial charge is 0.394 e. The second kappa shape index (κ2) is 6.91. The van der Waals surface area contributed by atoms with Crippen molar-refractivity contribution in [3.63, 3.8) is 0 Å². The average Bonchev–Trinajstić information content (AvgIpc) is 2.35. The molecule has 17 heavy (non-hydrogen) atoms. The molecule has 94 valence electrons. The summed E-state index contributed by atoms with van der Waals surface area (Å²) in [4.78, 5) is 11.5. The van der Waals surface area contributed by atoms with Gasteiger partial charge in [-0.05, 0) is 18.9 Å². The van der Waals surface area contributed by atoms with Gasteiger partial charge in [-0.2, -0.15) is 0 Å². The fourth-order valence-corrected chi connectivity index (χ4v) is 1.40. The smallest absolute Gasteiger partial charge is 0.315 e. The maximum absolute atomic E-state index is 11.5. The fraction of sp³-hybridized carbons (Fsp3) is 0.462. The Morgan fingerprint density at radius 3 is 2.53 bits per heavy atom. The van der Waals surface area contributed by atoms with Gasteiger partial charge in [-0.3, -0.25) is 0 Å². The van der Waals surface area contributed by atoms with Crippen LogP contribution in [0.5, 0.6) is 0 Å². The summed E-state index contributed by atoms with van der Waals surface area (Å²) in [7, 11) is 0. The average molecular weight is 236 g/mol. The first-order valence-electron chi connectivity index (χ1n) is 5.86. The van der Waals surface area contributed by atoms with Crippen LogP contribution in [0, 0.1) is 6.92 Å². The van der Waals surface area contributed by atoms with E-state index in [2.05, 4.69) is 10.6 Å². The van der Waals surface area contributed by atoms with Gasteiger partial charge in [-0.1, -0.05) is 36.8 Å². The van der Waals surface area contributed by atoms with E-state index in [1.54, 1.807) is 0 Å². The lowest BCUT2D eigenvalue weighted by Gasteiger charge is -2.14. The number of hydrogen-bond donors (Lipinski definition) is 3. The predicted octanol–water partition coefficient (Wildman–Crippen LogP) is 1.57. The number of amides is 2. The molecule has 4 heteroatoms. The summed E-state index contributed by atoms with van der Waals surface area (Å²) in [6.45, 7) is 4.40. The molecule has 0 unspecified atom stereocenters. The van der Waals surface area contributed by atoms with Crippen molar-refractivity contribution in [3.8, 4) is 0 Å². The molecule has 0 spiro atoms. The van der Waals surface area contributed by atoms with E-state index in [-0.39, 0.29) is 18.7 Å². The lowest BCUT2D eigenvalue weighted by atomic mass is 10.1. The van der Waals surface area contributed by atoms with Crippen LogP contribution in [0.15, 0.2) is 24.3 Å². The van der Waals surface area contributed by atoms with Crippen molar-refractivity contribution >= 4 is 6.03 Å². The Kier molecular flexibility index (Phi) is 5.49. The molecule has 1 rings (SSSR count). The molecule has 4 nitrogen and oxygen atoms in total. The van der Waals surface area contributed by atoms with Crippen LogP contribution in [0.3, 0.4) is 0 Å². The number of aliphatic hydroxyl groups excluding tert-OH is 1. The third-order valence-corrected chi connectivity index (χ3v) is 2.62. The highest BCUT2D eigenvalue weighted by Crippen LogP contribution is 2.02. The summed E-state index contributed by atoms with van der Waals surface area (Å²) in [5, 5.41) is 14.4. The zero-order chi connectivity index (χ0) is 12.7. The summed E-state index contributed by atoms with van der Waals surface area (Å²) in [6.07, 6.45) is 0.717. The summed E-state index contributed by atoms with van der Waals surface area (Å²) >= 11 is 0. The second-order valence-electron chi connectivity index (χ2n) is 4.10. The van der Waals surface area contributed by atoms with Crippen LogP contribution in [0.4, 0.5) is 4.79 Å². The Hall–Kier alpha value is -1.55. The van der Waals surface area contributed by atoms with E-state index in [1.807, 2.05) is 38.1 Å². The molecule has 1 atom stereocenters. The molecule has 3 N–H and O–H groups in total. The molecule has 0 aliphatic heterocycles. The molecule has 0 heterocycles. The van der Waals surface area contributed by atoms with Gasteiger partial charge in [0.1, 0.15) is 0 Å². The van der Waals surface area contributed by atoms with Gasteiger partial charge in [0.25, 0.3) is 0 Å². The van der Waals surface area contributed by atoms with E-state index >= 15 is 0 Å². The molecular formula is C13H20N2O2. The Balaban J connectivity index is 2.35. The van der Waals surface area contributed by atoms with E-state index in [1.165, 1.54) is 5.56 Å². The first-order valence-corrected chi connectivity index (χ1v) is 5.86. The van der Waals surface area contributed by atoms with Crippen LogP contribution in [0.25, 0.3) is 0 Å². The van der Waals surface area contributed by atoms with Crippen molar-refractivity contribution in [1.29, 1.82) is 0 Å². The number of nitrogens with one attached hydrogen (secondary N) is 2. The molecule has 2 amide bonds. The van der Waals surface area contributed by atoms with Crippen LogP contribution in [0.2, 0.25) is 0 Å². The van der Waals surface area contributed by atoms with Gasteiger partial charge in [0.2, 0.25) is 0 Å². The monoisotopic (exact) mass is 236 g/mol. The first-order chi connectivity index (χ1) is 8.15. The van der Waals surface area contributed by atoms with E-state index < -0.39 is 0 Å². The number of carbonyl (C=O) groups is 1. The Morgan fingerprint density at radius 1 is 1.35 bits per heavy atom. The van der Waals surface area contributed by atoms with Crippen LogP contribution >= 0.6 is 0 Å². The number of urea groups is 1. The van der Waals surface area contributed by atoms with Gasteiger partial charge >= 0.3 is 6.03 Å². The fourth-order valence-electron chi connectivity index (χ4n) is 1.40. The van der Waals surface area contributed by atoms with Crippen LogP contribution in [-0.2, 0) is 6.54 Å². The van der Waals surface area contributed by atoms with Crippen molar-refractivity contribution < 1.29 is 9.90 Å². The standard InChI is InChI=1S/C13H20N2O2/c1-3-12(9-16)15-13(17)14-8-11-6-4-10(2)5-7-11/h4-7,12,16H,3,8-9H2,1-2H3,(H2,14,15,17)/t12-/m1/s1. The predicted molar refractivity (Wildman–Crippen MR) is 67.7 cm³/mol. The molecule has 0 saturated heterocycles. The Bertz CT molecular complexity index is 345. The van der Waals surface area contributed by atoms with Crippen molar-refractivity contribution in [2.45, 2.75) is 32.9 Å². The van der Waals surface area contributed by atoms with Crippen molar-refractivity contribution in [1.82, 2.24) is 10.6 Å². The maximum Gasteiger partial charge on any atom is 0.315 e. The Labute approximate surface area is 102 Å². The number of hydrogen-bond acceptors (Lipinski definition) is 2. The van der Waals surface area contributed by atoms with Crippen molar-refractivity contribution in [2.75, 3.05) is 6.61 Å². The number of aryl methyl sites for hydroxylation is 1. The molecular weight excluding hydrogens is 216 g/mol. The molecule has 0 fully saturated rings. The quantitative estimate of drug-likeness (QED) is 0.726. The zero-order valence-corrected chi connectivity index (χ0v) is 10.4. The molecule has 1 aromatic carbocycles. The minimum absolute atomic E-state index is 0.0333. The number of benzene rings is 1. The van der Waals surface area contributed by atoms with Crippen LogP contribution in [-0.4, -0.2) is 23.8 Å². The highest BCUT2D eigenvalue weighted by atomic mass is 16.3. The van der Waals surface area contributed by atoms with Gasteiger partial charge in [0, 0.05) is 6.54 Å². The number of rotatable bonds is 5. The minimum Gasteiger partial charge on any atom is -0.394 e. The van der Waals surface area contributed by atoms with Gasteiger partial charge in [-0.15, -0.1) is 0 Å². The lowest BCUT2D eigenvalue weighted by Crippen LogP contribution is -2.43. The van der Waals surface area contributed by atoms with E-state index in [0.717, 1.165) is 5.56 Å². The van der Waals surface area contributed by atoms with E-state index in [4.69, 9.17) is 5.11 Å². The third-order valence-electron chi connectivity index (χ3n) is 2.62. The van der Waals surface area contributed by atoms with Gasteiger partial charge < -0.3 is 15.7 Å². The third kappa shape index (κ3) is 4.87. The molecule has 0 radical (unpaired) electrons. The van der Waals surface area contributed by atoms with Crippen molar-refractivity contribution in [2.24, 2.45) is 0 Å². The van der Waals surface area contributed by atoms with Crippen LogP contribution < -0.4 is 10.6 Å². The normalized spacial score (nSPS) is 11.9. The van der Waals surface area contributed by atoms with Gasteiger partial charge in [-0.25, -0.2) is 4.79 Å². The summed E-state index contributed by atoms with van der Waals surface area (Å²) in [5.74, 6) is 0. The Morgan fingerprint density at radius 2 is 2.00 bits per heavy atom. The van der Waals surface area contributed by atoms with E-state index in [0.29, 0.717) is 13.0 Å². The highest BCUT2D eigenvalue weighted by molar-refractivity contribution is 5.74. The lowest BCUT2D eigenvalue weighted by molar-refractivity contribution is 0.214. The number of carbonyl (C=O) groups excluding carboxylic acids is 1. The SMILES string of the molecule is CC[C@H](CO)NC(=O)NCc1ccc(C)cc1. The molecule has 0 aliphatic carbocycles. The van der Waals surface area contributed by atoms with Gasteiger partial charge in [0.05, 0.1) is 12.6 Å². The molecule has 0 saturated carbocycles. The summed E-state index contributed by atoms with van der Waals surface area (Å²) in [6, 6.07) is 7.58. The topological polar surface area (TPSA) is 61.4 Å². The molecule has 0 aromatic heterocycles. The first kappa shape index (κ1) is 13.5. The zero-order valence-electron chi connectivity index (χ0n) is 10.4. The van der Waals surface area contributed by atoms with Crippen molar-refractivity contribution in [3.05, 3.63) is 35.4 Å².